The predicted octanol–water partition coefficient (Wildman–Crippen LogP) is 2.93. The third-order valence-electron chi connectivity index (χ3n) is 2.25. The molecule has 1 aromatic rings. The Hall–Kier alpha value is -0.130. The molecule has 0 radical (unpaired) electrons. The Bertz CT molecular complexity index is 294. The Kier molecular flexibility index (Phi) is 8.65. The van der Waals surface area contributed by atoms with E-state index in [0.717, 1.165) is 36.9 Å². The molecule has 0 saturated heterocycles. The van der Waals surface area contributed by atoms with Gasteiger partial charge in [-0.15, -0.1) is 11.3 Å². The predicted molar refractivity (Wildman–Crippen MR) is 73.0 cm³/mol. The van der Waals surface area contributed by atoms with E-state index in [1.165, 1.54) is 4.88 Å². The smallest absolute Gasteiger partial charge is 0.0931 e. The van der Waals surface area contributed by atoms with Crippen LogP contribution in [0.2, 0.25) is 4.34 Å². The van der Waals surface area contributed by atoms with E-state index in [1.807, 2.05) is 6.07 Å². The molecule has 0 aromatic carbocycles. The zero-order valence-corrected chi connectivity index (χ0v) is 11.8. The Morgan fingerprint density at radius 2 is 2.12 bits per heavy atom. The Balaban J connectivity index is 1.84. The van der Waals surface area contributed by atoms with Crippen LogP contribution in [0.25, 0.3) is 0 Å². The molecule has 1 aromatic heterocycles. The number of rotatable bonds is 10. The van der Waals surface area contributed by atoms with Crippen LogP contribution in [0.4, 0.5) is 0 Å². The summed E-state index contributed by atoms with van der Waals surface area (Å²) in [5.41, 5.74) is 0. The van der Waals surface area contributed by atoms with Crippen LogP contribution in [0.1, 0.15) is 17.7 Å². The lowest BCUT2D eigenvalue weighted by molar-refractivity contribution is 0.0688. The number of hydrogen-bond donors (Lipinski definition) is 1. The van der Waals surface area contributed by atoms with Gasteiger partial charge in [-0.1, -0.05) is 11.6 Å². The lowest BCUT2D eigenvalue weighted by Crippen LogP contribution is -2.14. The molecule has 3 nitrogen and oxygen atoms in total. The Morgan fingerprint density at radius 3 is 2.82 bits per heavy atom. The third-order valence-corrected chi connectivity index (χ3v) is 3.48. The van der Waals surface area contributed by atoms with E-state index in [-0.39, 0.29) is 0 Å². The van der Waals surface area contributed by atoms with Gasteiger partial charge in [-0.2, -0.15) is 0 Å². The molecule has 0 fully saturated rings. The van der Waals surface area contributed by atoms with Crippen LogP contribution in [0, 0.1) is 0 Å². The fourth-order valence-electron chi connectivity index (χ4n) is 1.36. The minimum absolute atomic E-state index is 0.678. The molecule has 1 rings (SSSR count). The first-order chi connectivity index (χ1) is 8.33. The van der Waals surface area contributed by atoms with Gasteiger partial charge < -0.3 is 14.8 Å². The normalized spacial score (nSPS) is 10.9. The monoisotopic (exact) mass is 277 g/mol. The second-order valence-electron chi connectivity index (χ2n) is 3.69. The quantitative estimate of drug-likeness (QED) is 0.667. The molecule has 0 atom stereocenters. The molecule has 0 aliphatic rings. The lowest BCUT2D eigenvalue weighted by Gasteiger charge is -2.04. The minimum Gasteiger partial charge on any atom is -0.382 e. The van der Waals surface area contributed by atoms with Gasteiger partial charge in [-0.25, -0.2) is 0 Å². The number of methoxy groups -OCH3 is 1. The van der Waals surface area contributed by atoms with E-state index in [0.29, 0.717) is 13.2 Å². The molecule has 0 aliphatic heterocycles. The van der Waals surface area contributed by atoms with Gasteiger partial charge in [0.2, 0.25) is 0 Å². The maximum absolute atomic E-state index is 5.85. The van der Waals surface area contributed by atoms with E-state index in [1.54, 1.807) is 18.4 Å². The van der Waals surface area contributed by atoms with Crippen LogP contribution < -0.4 is 5.32 Å². The number of nitrogens with one attached hydrogen (secondary N) is 1. The summed E-state index contributed by atoms with van der Waals surface area (Å²) in [6.45, 7) is 4.11. The first kappa shape index (κ1) is 14.9. The zero-order chi connectivity index (χ0) is 12.3. The number of hydrogen-bond acceptors (Lipinski definition) is 4. The highest BCUT2D eigenvalue weighted by Gasteiger charge is 1.96. The second kappa shape index (κ2) is 9.85. The van der Waals surface area contributed by atoms with Crippen LogP contribution in [-0.4, -0.2) is 33.5 Å². The molecule has 5 heteroatoms. The molecule has 0 aliphatic carbocycles. The van der Waals surface area contributed by atoms with Crippen molar-refractivity contribution in [3.8, 4) is 0 Å². The van der Waals surface area contributed by atoms with Crippen molar-refractivity contribution in [3.05, 3.63) is 21.3 Å². The third kappa shape index (κ3) is 7.73. The molecule has 98 valence electrons. The van der Waals surface area contributed by atoms with Gasteiger partial charge in [0.05, 0.1) is 17.6 Å². The molecule has 0 spiro atoms. The molecular formula is C12H20ClNO2S. The summed E-state index contributed by atoms with van der Waals surface area (Å²) in [4.78, 5) is 1.28. The summed E-state index contributed by atoms with van der Waals surface area (Å²) in [7, 11) is 1.68. The molecule has 0 saturated carbocycles. The minimum atomic E-state index is 0.678. The van der Waals surface area contributed by atoms with Gasteiger partial charge in [0.15, 0.2) is 0 Å². The van der Waals surface area contributed by atoms with E-state index in [2.05, 4.69) is 11.4 Å². The van der Waals surface area contributed by atoms with Gasteiger partial charge in [0.25, 0.3) is 0 Å². The highest BCUT2D eigenvalue weighted by atomic mass is 35.5. The van der Waals surface area contributed by atoms with E-state index >= 15 is 0 Å². The maximum Gasteiger partial charge on any atom is 0.0931 e. The standard InChI is InChI=1S/C12H20ClNO2S/c1-15-8-9-16-7-3-2-6-14-10-11-4-5-12(13)17-11/h4-5,14H,2-3,6-10H2,1H3. The number of thiophene rings is 1. The Morgan fingerprint density at radius 1 is 1.24 bits per heavy atom. The molecule has 17 heavy (non-hydrogen) atoms. The van der Waals surface area contributed by atoms with Gasteiger partial charge in [0.1, 0.15) is 0 Å². The average Bonchev–Trinajstić information content (AvgIpc) is 2.73. The van der Waals surface area contributed by atoms with E-state index in [9.17, 15) is 0 Å². The Labute approximate surface area is 112 Å². The molecule has 0 unspecified atom stereocenters. The average molecular weight is 278 g/mol. The second-order valence-corrected chi connectivity index (χ2v) is 5.49. The SMILES string of the molecule is COCCOCCCCNCc1ccc(Cl)s1. The summed E-state index contributed by atoms with van der Waals surface area (Å²) in [6, 6.07) is 4.00. The van der Waals surface area contributed by atoms with Crippen molar-refractivity contribution in [2.75, 3.05) is 33.5 Å². The van der Waals surface area contributed by atoms with Crippen LogP contribution in [0.15, 0.2) is 12.1 Å². The number of ether oxygens (including phenoxy) is 2. The summed E-state index contributed by atoms with van der Waals surface area (Å²) in [5.74, 6) is 0. The van der Waals surface area contributed by atoms with Crippen molar-refractivity contribution in [3.63, 3.8) is 0 Å². The summed E-state index contributed by atoms with van der Waals surface area (Å²) < 4.78 is 11.1. The number of halogens is 1. The topological polar surface area (TPSA) is 30.5 Å². The van der Waals surface area contributed by atoms with E-state index < -0.39 is 0 Å². The highest BCUT2D eigenvalue weighted by Crippen LogP contribution is 2.20. The highest BCUT2D eigenvalue weighted by molar-refractivity contribution is 7.16. The van der Waals surface area contributed by atoms with E-state index in [4.69, 9.17) is 21.1 Å². The van der Waals surface area contributed by atoms with Crippen molar-refractivity contribution in [2.45, 2.75) is 19.4 Å². The van der Waals surface area contributed by atoms with Crippen LogP contribution in [-0.2, 0) is 16.0 Å². The van der Waals surface area contributed by atoms with Crippen molar-refractivity contribution in [1.82, 2.24) is 5.32 Å². The largest absolute Gasteiger partial charge is 0.382 e. The summed E-state index contributed by atoms with van der Waals surface area (Å²) >= 11 is 7.48. The molecule has 1 N–H and O–H groups in total. The summed E-state index contributed by atoms with van der Waals surface area (Å²) in [6.07, 6.45) is 2.22. The summed E-state index contributed by atoms with van der Waals surface area (Å²) in [5, 5.41) is 3.39. The van der Waals surface area contributed by atoms with Crippen LogP contribution in [0.5, 0.6) is 0 Å². The van der Waals surface area contributed by atoms with Gasteiger partial charge in [0, 0.05) is 25.1 Å². The lowest BCUT2D eigenvalue weighted by atomic mass is 10.3. The van der Waals surface area contributed by atoms with Crippen molar-refractivity contribution in [1.29, 1.82) is 0 Å². The molecule has 1 heterocycles. The van der Waals surface area contributed by atoms with Crippen molar-refractivity contribution in [2.24, 2.45) is 0 Å². The zero-order valence-electron chi connectivity index (χ0n) is 10.2. The fourth-order valence-corrected chi connectivity index (χ4v) is 2.41. The van der Waals surface area contributed by atoms with Crippen molar-refractivity contribution < 1.29 is 9.47 Å². The number of unbranched alkanes of at least 4 members (excludes halogenated alkanes) is 1. The first-order valence-electron chi connectivity index (χ1n) is 5.84. The molecular weight excluding hydrogens is 258 g/mol. The molecule has 0 amide bonds. The van der Waals surface area contributed by atoms with Crippen LogP contribution in [0.3, 0.4) is 0 Å². The van der Waals surface area contributed by atoms with Crippen molar-refractivity contribution >= 4 is 22.9 Å². The fraction of sp³-hybridized carbons (Fsp3) is 0.667. The van der Waals surface area contributed by atoms with Gasteiger partial charge in [-0.05, 0) is 31.5 Å². The van der Waals surface area contributed by atoms with Gasteiger partial charge >= 0.3 is 0 Å². The van der Waals surface area contributed by atoms with Gasteiger partial charge in [-0.3, -0.25) is 0 Å². The molecule has 0 bridgehead atoms. The first-order valence-corrected chi connectivity index (χ1v) is 7.04. The van der Waals surface area contributed by atoms with Crippen LogP contribution >= 0.6 is 22.9 Å². The maximum atomic E-state index is 5.85.